The van der Waals surface area contributed by atoms with Crippen molar-refractivity contribution >= 4 is 0 Å². The molecule has 1 nitrogen and oxygen atoms in total. The summed E-state index contributed by atoms with van der Waals surface area (Å²) >= 11 is 0. The molecular weight excluding hydrogens is 234 g/mol. The molecule has 2 aliphatic rings. The first-order valence-electron chi connectivity index (χ1n) is 7.24. The van der Waals surface area contributed by atoms with Gasteiger partial charge >= 0.3 is 0 Å². The molecule has 18 heavy (non-hydrogen) atoms. The number of halogens is 2. The van der Waals surface area contributed by atoms with Crippen LogP contribution < -0.4 is 0 Å². The maximum Gasteiger partial charge on any atom is 0.248 e. The number of allylic oxidation sites excluding steroid dienone is 2. The second kappa shape index (κ2) is 6.03. The maximum atomic E-state index is 13.1. The summed E-state index contributed by atoms with van der Waals surface area (Å²) in [5.41, 5.74) is 0. The van der Waals surface area contributed by atoms with Gasteiger partial charge in [0.2, 0.25) is 5.92 Å². The average molecular weight is 258 g/mol. The Morgan fingerprint density at radius 1 is 1.06 bits per heavy atom. The molecule has 0 radical (unpaired) electrons. The molecule has 0 spiro atoms. The first-order chi connectivity index (χ1) is 8.61. The zero-order valence-electron chi connectivity index (χ0n) is 11.3. The van der Waals surface area contributed by atoms with E-state index < -0.39 is 5.92 Å². The first-order valence-corrected chi connectivity index (χ1v) is 7.24. The van der Waals surface area contributed by atoms with Crippen LogP contribution in [0, 0.1) is 11.8 Å². The molecule has 0 aliphatic heterocycles. The minimum Gasteiger partial charge on any atom is -0.501 e. The van der Waals surface area contributed by atoms with E-state index >= 15 is 0 Å². The van der Waals surface area contributed by atoms with E-state index in [2.05, 4.69) is 6.08 Å². The summed E-state index contributed by atoms with van der Waals surface area (Å²) in [5, 5.41) is 0. The summed E-state index contributed by atoms with van der Waals surface area (Å²) in [6.07, 6.45) is 9.79. The molecule has 2 saturated carbocycles. The van der Waals surface area contributed by atoms with E-state index in [0.29, 0.717) is 18.8 Å². The van der Waals surface area contributed by atoms with Crippen molar-refractivity contribution in [1.29, 1.82) is 0 Å². The molecule has 0 aromatic carbocycles. The van der Waals surface area contributed by atoms with E-state index in [-0.39, 0.29) is 18.8 Å². The molecular formula is C15H24F2O. The third-order valence-electron chi connectivity index (χ3n) is 4.40. The molecule has 0 N–H and O–H groups in total. The Hall–Kier alpha value is -0.600. The van der Waals surface area contributed by atoms with Crippen LogP contribution in [0.1, 0.15) is 57.8 Å². The number of hydrogen-bond acceptors (Lipinski definition) is 1. The van der Waals surface area contributed by atoms with E-state index in [1.165, 1.54) is 32.1 Å². The fourth-order valence-corrected chi connectivity index (χ4v) is 3.23. The second-order valence-electron chi connectivity index (χ2n) is 5.80. The second-order valence-corrected chi connectivity index (χ2v) is 5.80. The lowest BCUT2D eigenvalue weighted by atomic mass is 9.82. The van der Waals surface area contributed by atoms with E-state index in [9.17, 15) is 8.78 Å². The van der Waals surface area contributed by atoms with Gasteiger partial charge in [-0.05, 0) is 37.7 Å². The largest absolute Gasteiger partial charge is 0.501 e. The molecule has 2 fully saturated rings. The van der Waals surface area contributed by atoms with E-state index in [1.807, 2.05) is 0 Å². The smallest absolute Gasteiger partial charge is 0.248 e. The summed E-state index contributed by atoms with van der Waals surface area (Å²) in [6, 6.07) is 0. The van der Waals surface area contributed by atoms with Crippen molar-refractivity contribution in [1.82, 2.24) is 0 Å². The van der Waals surface area contributed by atoms with Crippen molar-refractivity contribution in [2.45, 2.75) is 63.7 Å². The minimum atomic E-state index is -2.44. The number of alkyl halides is 2. The van der Waals surface area contributed by atoms with Gasteiger partial charge < -0.3 is 4.74 Å². The summed E-state index contributed by atoms with van der Waals surface area (Å²) in [7, 11) is 1.68. The van der Waals surface area contributed by atoms with Crippen LogP contribution >= 0.6 is 0 Å². The van der Waals surface area contributed by atoms with Crippen molar-refractivity contribution in [3.05, 3.63) is 11.8 Å². The van der Waals surface area contributed by atoms with Gasteiger partial charge in [-0.25, -0.2) is 8.78 Å². The highest BCUT2D eigenvalue weighted by atomic mass is 19.3. The monoisotopic (exact) mass is 258 g/mol. The minimum absolute atomic E-state index is 0.0169. The SMILES string of the molecule is COC(=CC1CCCCC1)C1CCC(F)(F)CC1. The Bertz CT molecular complexity index is 283. The highest BCUT2D eigenvalue weighted by molar-refractivity contribution is 5.04. The van der Waals surface area contributed by atoms with E-state index in [0.717, 1.165) is 5.76 Å². The topological polar surface area (TPSA) is 9.23 Å². The maximum absolute atomic E-state index is 13.1. The van der Waals surface area contributed by atoms with Crippen molar-refractivity contribution in [3.63, 3.8) is 0 Å². The lowest BCUT2D eigenvalue weighted by Crippen LogP contribution is -2.26. The van der Waals surface area contributed by atoms with Gasteiger partial charge in [0.1, 0.15) is 0 Å². The summed E-state index contributed by atoms with van der Waals surface area (Å²) < 4.78 is 31.8. The van der Waals surface area contributed by atoms with Gasteiger partial charge in [0.05, 0.1) is 12.9 Å². The Kier molecular flexibility index (Phi) is 4.63. The Morgan fingerprint density at radius 3 is 2.22 bits per heavy atom. The molecule has 0 heterocycles. The van der Waals surface area contributed by atoms with Crippen LogP contribution in [-0.4, -0.2) is 13.0 Å². The molecule has 0 aromatic rings. The zero-order valence-corrected chi connectivity index (χ0v) is 11.3. The lowest BCUT2D eigenvalue weighted by molar-refractivity contribution is -0.0463. The van der Waals surface area contributed by atoms with Crippen LogP contribution in [0.4, 0.5) is 8.78 Å². The molecule has 3 heteroatoms. The number of methoxy groups -OCH3 is 1. The normalized spacial score (nSPS) is 27.2. The lowest BCUT2D eigenvalue weighted by Gasteiger charge is -2.30. The molecule has 0 amide bonds. The van der Waals surface area contributed by atoms with Gasteiger partial charge in [-0.3, -0.25) is 0 Å². The highest BCUT2D eigenvalue weighted by Crippen LogP contribution is 2.40. The van der Waals surface area contributed by atoms with Gasteiger partial charge in [0, 0.05) is 18.8 Å². The molecule has 0 saturated heterocycles. The molecule has 0 aromatic heterocycles. The number of ether oxygens (including phenoxy) is 1. The highest BCUT2D eigenvalue weighted by Gasteiger charge is 2.36. The number of hydrogen-bond donors (Lipinski definition) is 0. The van der Waals surface area contributed by atoms with Crippen molar-refractivity contribution in [2.24, 2.45) is 11.8 Å². The molecule has 0 unspecified atom stereocenters. The fourth-order valence-electron chi connectivity index (χ4n) is 3.23. The quantitative estimate of drug-likeness (QED) is 0.653. The van der Waals surface area contributed by atoms with Crippen LogP contribution in [0.5, 0.6) is 0 Å². The summed E-state index contributed by atoms with van der Waals surface area (Å²) in [4.78, 5) is 0. The average Bonchev–Trinajstić information content (AvgIpc) is 2.38. The molecule has 0 bridgehead atoms. The van der Waals surface area contributed by atoms with Gasteiger partial charge in [-0.2, -0.15) is 0 Å². The zero-order chi connectivity index (χ0) is 13.0. The summed E-state index contributed by atoms with van der Waals surface area (Å²) in [6.45, 7) is 0. The fraction of sp³-hybridized carbons (Fsp3) is 0.867. The van der Waals surface area contributed by atoms with Crippen LogP contribution in [0.15, 0.2) is 11.8 Å². The third-order valence-corrected chi connectivity index (χ3v) is 4.40. The number of rotatable bonds is 3. The Balaban J connectivity index is 1.93. The Morgan fingerprint density at radius 2 is 1.67 bits per heavy atom. The van der Waals surface area contributed by atoms with Crippen molar-refractivity contribution in [2.75, 3.05) is 7.11 Å². The summed E-state index contributed by atoms with van der Waals surface area (Å²) in [5.74, 6) is -0.648. The van der Waals surface area contributed by atoms with E-state index in [1.54, 1.807) is 7.11 Å². The van der Waals surface area contributed by atoms with Crippen LogP contribution in [-0.2, 0) is 4.74 Å². The first kappa shape index (κ1) is 13.8. The van der Waals surface area contributed by atoms with Gasteiger partial charge in [0.15, 0.2) is 0 Å². The predicted octanol–water partition coefficient (Wildman–Crippen LogP) is 4.92. The van der Waals surface area contributed by atoms with Gasteiger partial charge in [-0.15, -0.1) is 0 Å². The molecule has 2 rings (SSSR count). The Labute approximate surface area is 109 Å². The van der Waals surface area contributed by atoms with Crippen LogP contribution in [0.3, 0.4) is 0 Å². The third kappa shape index (κ3) is 3.69. The van der Waals surface area contributed by atoms with Gasteiger partial charge in [-0.1, -0.05) is 19.3 Å². The molecule has 0 atom stereocenters. The van der Waals surface area contributed by atoms with E-state index in [4.69, 9.17) is 4.74 Å². The van der Waals surface area contributed by atoms with Crippen molar-refractivity contribution in [3.8, 4) is 0 Å². The van der Waals surface area contributed by atoms with Crippen LogP contribution in [0.2, 0.25) is 0 Å². The molecule has 104 valence electrons. The standard InChI is InChI=1S/C15H24F2O/c1-18-14(11-12-5-3-2-4-6-12)13-7-9-15(16,17)10-8-13/h11-13H,2-10H2,1H3. The van der Waals surface area contributed by atoms with Crippen LogP contribution in [0.25, 0.3) is 0 Å². The molecule has 2 aliphatic carbocycles. The van der Waals surface area contributed by atoms with Crippen molar-refractivity contribution < 1.29 is 13.5 Å². The van der Waals surface area contributed by atoms with Gasteiger partial charge in [0.25, 0.3) is 0 Å². The predicted molar refractivity (Wildman–Crippen MR) is 68.6 cm³/mol.